The average Bonchev–Trinajstić information content (AvgIpc) is 2.75. The number of sulfonamides is 1. The maximum absolute atomic E-state index is 13.3. The molecule has 3 rings (SSSR count). The fraction of sp³-hybridized carbons (Fsp3) is 0.0476. The van der Waals surface area contributed by atoms with Crippen LogP contribution in [0, 0.1) is 11.6 Å². The van der Waals surface area contributed by atoms with E-state index in [1.165, 1.54) is 54.7 Å². The zero-order valence-corrected chi connectivity index (χ0v) is 16.4. The molecule has 0 saturated heterocycles. The number of hydrogen-bond donors (Lipinski definition) is 1. The molecule has 3 aromatic rings. The lowest BCUT2D eigenvalue weighted by Gasteiger charge is -2.23. The van der Waals surface area contributed by atoms with Crippen molar-refractivity contribution in [1.29, 1.82) is 0 Å². The van der Waals surface area contributed by atoms with E-state index in [2.05, 4.69) is 10.5 Å². The van der Waals surface area contributed by atoms with E-state index >= 15 is 0 Å². The van der Waals surface area contributed by atoms with Gasteiger partial charge in [0.25, 0.3) is 15.9 Å². The number of hydrogen-bond acceptors (Lipinski definition) is 4. The lowest BCUT2D eigenvalue weighted by atomic mass is 10.2. The van der Waals surface area contributed by atoms with Gasteiger partial charge in [0, 0.05) is 0 Å². The second-order valence-electron chi connectivity index (χ2n) is 6.15. The first-order chi connectivity index (χ1) is 14.4. The lowest BCUT2D eigenvalue weighted by Crippen LogP contribution is -2.39. The molecule has 0 atom stereocenters. The lowest BCUT2D eigenvalue weighted by molar-refractivity contribution is -0.119. The monoisotopic (exact) mass is 429 g/mol. The number of nitrogens with one attached hydrogen (secondary N) is 1. The molecule has 6 nitrogen and oxygen atoms in total. The Bertz CT molecular complexity index is 1130. The zero-order chi connectivity index (χ0) is 21.6. The van der Waals surface area contributed by atoms with Crippen molar-refractivity contribution in [2.45, 2.75) is 4.90 Å². The largest absolute Gasteiger partial charge is 0.271 e. The molecule has 0 aromatic heterocycles. The fourth-order valence-electron chi connectivity index (χ4n) is 2.54. The van der Waals surface area contributed by atoms with Crippen molar-refractivity contribution in [2.75, 3.05) is 10.8 Å². The second-order valence-corrected chi connectivity index (χ2v) is 8.01. The van der Waals surface area contributed by atoms with Crippen molar-refractivity contribution in [2.24, 2.45) is 5.10 Å². The third-order valence-electron chi connectivity index (χ3n) is 4.01. The van der Waals surface area contributed by atoms with Crippen LogP contribution < -0.4 is 9.73 Å². The van der Waals surface area contributed by atoms with E-state index in [0.29, 0.717) is 5.56 Å². The highest BCUT2D eigenvalue weighted by Gasteiger charge is 2.27. The first kappa shape index (κ1) is 21.1. The Kier molecular flexibility index (Phi) is 6.53. The molecule has 1 amide bonds. The van der Waals surface area contributed by atoms with Crippen molar-refractivity contribution in [3.05, 3.63) is 96.1 Å². The SMILES string of the molecule is O=C(CN(c1ccc(F)cc1)S(=O)(=O)c1ccccc1)N/N=C\c1ccc(F)cc1. The van der Waals surface area contributed by atoms with Crippen LogP contribution in [0.5, 0.6) is 0 Å². The minimum Gasteiger partial charge on any atom is -0.271 e. The maximum atomic E-state index is 13.3. The van der Waals surface area contributed by atoms with E-state index in [0.717, 1.165) is 16.4 Å². The van der Waals surface area contributed by atoms with Gasteiger partial charge in [-0.1, -0.05) is 30.3 Å². The van der Waals surface area contributed by atoms with Gasteiger partial charge in [-0.05, 0) is 54.1 Å². The number of amides is 1. The van der Waals surface area contributed by atoms with Crippen LogP contribution in [0.15, 0.2) is 88.9 Å². The summed E-state index contributed by atoms with van der Waals surface area (Å²) < 4.78 is 53.2. The molecule has 154 valence electrons. The fourth-order valence-corrected chi connectivity index (χ4v) is 3.98. The molecule has 0 unspecified atom stereocenters. The molecule has 9 heteroatoms. The van der Waals surface area contributed by atoms with Gasteiger partial charge in [0.2, 0.25) is 0 Å². The molecule has 1 N–H and O–H groups in total. The van der Waals surface area contributed by atoms with Crippen molar-refractivity contribution < 1.29 is 22.0 Å². The predicted octanol–water partition coefficient (Wildman–Crippen LogP) is 3.31. The topological polar surface area (TPSA) is 78.8 Å². The molecule has 0 aliphatic heterocycles. The van der Waals surface area contributed by atoms with E-state index in [1.54, 1.807) is 18.2 Å². The number of anilines is 1. The zero-order valence-electron chi connectivity index (χ0n) is 15.6. The van der Waals surface area contributed by atoms with Gasteiger partial charge in [-0.25, -0.2) is 22.6 Å². The van der Waals surface area contributed by atoms with Gasteiger partial charge in [-0.3, -0.25) is 9.10 Å². The quantitative estimate of drug-likeness (QED) is 0.462. The summed E-state index contributed by atoms with van der Waals surface area (Å²) in [5.41, 5.74) is 2.91. The highest BCUT2D eigenvalue weighted by molar-refractivity contribution is 7.92. The Hall–Kier alpha value is -3.59. The summed E-state index contributed by atoms with van der Waals surface area (Å²) in [7, 11) is -4.09. The van der Waals surface area contributed by atoms with Crippen LogP contribution in [0.1, 0.15) is 5.56 Å². The number of carbonyl (C=O) groups excluding carboxylic acids is 1. The molecule has 0 heterocycles. The summed E-state index contributed by atoms with van der Waals surface area (Å²) in [4.78, 5) is 12.3. The Morgan fingerprint density at radius 3 is 2.07 bits per heavy atom. The van der Waals surface area contributed by atoms with Crippen molar-refractivity contribution >= 4 is 27.8 Å². The molecule has 0 saturated carbocycles. The maximum Gasteiger partial charge on any atom is 0.264 e. The Morgan fingerprint density at radius 1 is 0.900 bits per heavy atom. The van der Waals surface area contributed by atoms with Crippen LogP contribution in [0.2, 0.25) is 0 Å². The minimum absolute atomic E-state index is 0.0167. The van der Waals surface area contributed by atoms with E-state index in [-0.39, 0.29) is 10.6 Å². The van der Waals surface area contributed by atoms with Crippen LogP contribution in [-0.2, 0) is 14.8 Å². The van der Waals surface area contributed by atoms with Gasteiger partial charge in [0.15, 0.2) is 0 Å². The van der Waals surface area contributed by atoms with Crippen LogP contribution >= 0.6 is 0 Å². The Labute approximate surface area is 172 Å². The van der Waals surface area contributed by atoms with Crippen LogP contribution in [0.3, 0.4) is 0 Å². The predicted molar refractivity (Wildman–Crippen MR) is 110 cm³/mol. The van der Waals surface area contributed by atoms with Crippen LogP contribution in [0.25, 0.3) is 0 Å². The van der Waals surface area contributed by atoms with Crippen molar-refractivity contribution in [1.82, 2.24) is 5.43 Å². The Morgan fingerprint density at radius 2 is 1.47 bits per heavy atom. The van der Waals surface area contributed by atoms with E-state index in [1.807, 2.05) is 0 Å². The number of benzene rings is 3. The third-order valence-corrected chi connectivity index (χ3v) is 5.79. The summed E-state index contributed by atoms with van der Waals surface area (Å²) in [6, 6.07) is 17.7. The molecule has 3 aromatic carbocycles. The Balaban J connectivity index is 1.81. The first-order valence-electron chi connectivity index (χ1n) is 8.77. The van der Waals surface area contributed by atoms with Crippen molar-refractivity contribution in [3.63, 3.8) is 0 Å². The number of halogens is 2. The smallest absolute Gasteiger partial charge is 0.264 e. The molecule has 0 bridgehead atoms. The molecule has 0 aliphatic carbocycles. The van der Waals surface area contributed by atoms with Gasteiger partial charge in [-0.2, -0.15) is 5.10 Å². The van der Waals surface area contributed by atoms with Crippen LogP contribution in [-0.4, -0.2) is 27.1 Å². The summed E-state index contributed by atoms with van der Waals surface area (Å²) in [6.45, 7) is -0.580. The van der Waals surface area contributed by atoms with E-state index in [9.17, 15) is 22.0 Å². The first-order valence-corrected chi connectivity index (χ1v) is 10.2. The third kappa shape index (κ3) is 5.26. The summed E-state index contributed by atoms with van der Waals surface area (Å²) in [5, 5.41) is 3.76. The molecule has 30 heavy (non-hydrogen) atoms. The molecular weight excluding hydrogens is 412 g/mol. The van der Waals surface area contributed by atoms with Gasteiger partial charge in [0.05, 0.1) is 16.8 Å². The minimum atomic E-state index is -4.09. The van der Waals surface area contributed by atoms with Crippen LogP contribution in [0.4, 0.5) is 14.5 Å². The van der Waals surface area contributed by atoms with E-state index in [4.69, 9.17) is 0 Å². The standard InChI is InChI=1S/C21H17F2N3O3S/c22-17-8-6-16(7-9-17)14-24-25-21(27)15-26(19-12-10-18(23)11-13-19)30(28,29)20-4-2-1-3-5-20/h1-14H,15H2,(H,25,27)/b24-14-. The van der Waals surface area contributed by atoms with Gasteiger partial charge in [0.1, 0.15) is 18.2 Å². The van der Waals surface area contributed by atoms with Gasteiger partial charge < -0.3 is 0 Å². The summed E-state index contributed by atoms with van der Waals surface area (Å²) >= 11 is 0. The van der Waals surface area contributed by atoms with Gasteiger partial charge in [-0.15, -0.1) is 0 Å². The van der Waals surface area contributed by atoms with Gasteiger partial charge >= 0.3 is 0 Å². The highest BCUT2D eigenvalue weighted by atomic mass is 32.2. The number of hydrazone groups is 1. The van der Waals surface area contributed by atoms with E-state index < -0.39 is 34.1 Å². The molecule has 0 fully saturated rings. The molecular formula is C21H17F2N3O3S. The second kappa shape index (κ2) is 9.27. The van der Waals surface area contributed by atoms with Crippen molar-refractivity contribution in [3.8, 4) is 0 Å². The molecule has 0 aliphatic rings. The number of rotatable bonds is 7. The average molecular weight is 429 g/mol. The summed E-state index contributed by atoms with van der Waals surface area (Å²) in [6.07, 6.45) is 1.30. The highest BCUT2D eigenvalue weighted by Crippen LogP contribution is 2.23. The number of nitrogens with zero attached hydrogens (tertiary/aromatic N) is 2. The normalized spacial score (nSPS) is 11.4. The number of carbonyl (C=O) groups is 1. The molecule has 0 spiro atoms. The summed E-state index contributed by atoms with van der Waals surface area (Å²) in [5.74, 6) is -1.65. The molecule has 0 radical (unpaired) electrons.